The van der Waals surface area contributed by atoms with E-state index in [1.165, 1.54) is 12.8 Å². The van der Waals surface area contributed by atoms with Gasteiger partial charge < -0.3 is 10.1 Å². The van der Waals surface area contributed by atoms with E-state index in [0.717, 1.165) is 36.1 Å². The molecule has 1 heterocycles. The third-order valence-electron chi connectivity index (χ3n) is 2.88. The van der Waals surface area contributed by atoms with E-state index in [1.54, 1.807) is 0 Å². The molecule has 0 atom stereocenters. The van der Waals surface area contributed by atoms with Gasteiger partial charge in [-0.3, -0.25) is 0 Å². The molecular weight excluding hydrogens is 214 g/mol. The van der Waals surface area contributed by atoms with Crippen molar-refractivity contribution in [2.45, 2.75) is 46.0 Å². The molecule has 1 aromatic rings. The fraction of sp³-hybridized carbons (Fsp3) is 0.692. The molecule has 0 amide bonds. The van der Waals surface area contributed by atoms with Crippen LogP contribution in [-0.4, -0.2) is 23.1 Å². The number of aromatic nitrogens is 2. The molecule has 0 saturated heterocycles. The highest BCUT2D eigenvalue weighted by Crippen LogP contribution is 2.39. The Morgan fingerprint density at radius 3 is 2.65 bits per heavy atom. The summed E-state index contributed by atoms with van der Waals surface area (Å²) in [5.74, 6) is 3.17. The lowest BCUT2D eigenvalue weighted by Crippen LogP contribution is -2.09. The quantitative estimate of drug-likeness (QED) is 0.823. The summed E-state index contributed by atoms with van der Waals surface area (Å²) >= 11 is 0. The molecule has 0 spiro atoms. The Labute approximate surface area is 103 Å². The number of hydrogen-bond donors (Lipinski definition) is 1. The molecule has 1 aliphatic rings. The lowest BCUT2D eigenvalue weighted by molar-refractivity contribution is 0.322. The molecule has 0 aliphatic heterocycles. The Morgan fingerprint density at radius 1 is 1.29 bits per heavy atom. The first-order valence-corrected chi connectivity index (χ1v) is 6.51. The van der Waals surface area contributed by atoms with Crippen molar-refractivity contribution in [3.63, 3.8) is 0 Å². The summed E-state index contributed by atoms with van der Waals surface area (Å²) < 4.78 is 5.58. The van der Waals surface area contributed by atoms with E-state index in [-0.39, 0.29) is 0 Å². The molecule has 94 valence electrons. The van der Waals surface area contributed by atoms with Gasteiger partial charge in [0, 0.05) is 12.5 Å². The number of hydrogen-bond acceptors (Lipinski definition) is 4. The van der Waals surface area contributed by atoms with Gasteiger partial charge in [0.25, 0.3) is 0 Å². The van der Waals surface area contributed by atoms with E-state index in [2.05, 4.69) is 22.2 Å². The van der Waals surface area contributed by atoms with Crippen molar-refractivity contribution in [3.8, 4) is 5.88 Å². The van der Waals surface area contributed by atoms with E-state index in [4.69, 9.17) is 4.74 Å². The second-order valence-corrected chi connectivity index (χ2v) is 4.49. The first-order chi connectivity index (χ1) is 8.26. The molecule has 1 aliphatic carbocycles. The van der Waals surface area contributed by atoms with Crippen LogP contribution in [0, 0.1) is 6.92 Å². The zero-order valence-electron chi connectivity index (χ0n) is 10.9. The molecule has 1 fully saturated rings. The molecule has 1 aromatic heterocycles. The SMILES string of the molecule is CCCNc1nc(C2CC2)nc(OCC)c1C. The van der Waals surface area contributed by atoms with E-state index in [0.29, 0.717) is 12.5 Å². The van der Waals surface area contributed by atoms with Crippen molar-refractivity contribution in [2.24, 2.45) is 0 Å². The van der Waals surface area contributed by atoms with Crippen molar-refractivity contribution < 1.29 is 4.74 Å². The Hall–Kier alpha value is -1.32. The topological polar surface area (TPSA) is 47.0 Å². The minimum atomic E-state index is 0.553. The van der Waals surface area contributed by atoms with E-state index < -0.39 is 0 Å². The maximum Gasteiger partial charge on any atom is 0.221 e. The first-order valence-electron chi connectivity index (χ1n) is 6.51. The van der Waals surface area contributed by atoms with Crippen LogP contribution in [0.1, 0.15) is 50.4 Å². The van der Waals surface area contributed by atoms with Crippen LogP contribution in [0.5, 0.6) is 5.88 Å². The molecule has 4 heteroatoms. The minimum absolute atomic E-state index is 0.553. The van der Waals surface area contributed by atoms with Gasteiger partial charge >= 0.3 is 0 Å². The summed E-state index contributed by atoms with van der Waals surface area (Å²) in [7, 11) is 0. The second-order valence-electron chi connectivity index (χ2n) is 4.49. The van der Waals surface area contributed by atoms with Crippen molar-refractivity contribution in [2.75, 3.05) is 18.5 Å². The first kappa shape index (κ1) is 12.1. The van der Waals surface area contributed by atoms with Gasteiger partial charge in [-0.05, 0) is 33.1 Å². The average Bonchev–Trinajstić information content (AvgIpc) is 3.14. The van der Waals surface area contributed by atoms with Gasteiger partial charge in [-0.2, -0.15) is 4.98 Å². The largest absolute Gasteiger partial charge is 0.478 e. The summed E-state index contributed by atoms with van der Waals surface area (Å²) in [4.78, 5) is 9.13. The van der Waals surface area contributed by atoms with Gasteiger partial charge in [0.1, 0.15) is 11.6 Å². The van der Waals surface area contributed by atoms with Crippen LogP contribution in [0.15, 0.2) is 0 Å². The molecule has 17 heavy (non-hydrogen) atoms. The van der Waals surface area contributed by atoms with Crippen LogP contribution in [-0.2, 0) is 0 Å². The van der Waals surface area contributed by atoms with Crippen LogP contribution in [0.25, 0.3) is 0 Å². The summed E-state index contributed by atoms with van der Waals surface area (Å²) in [6.45, 7) is 7.73. The molecule has 2 rings (SSSR count). The smallest absolute Gasteiger partial charge is 0.221 e. The van der Waals surface area contributed by atoms with Crippen LogP contribution in [0.2, 0.25) is 0 Å². The Morgan fingerprint density at radius 2 is 2.06 bits per heavy atom. The van der Waals surface area contributed by atoms with Crippen molar-refractivity contribution >= 4 is 5.82 Å². The predicted octanol–water partition coefficient (Wildman–Crippen LogP) is 2.88. The Balaban J connectivity index is 2.27. The average molecular weight is 235 g/mol. The standard InChI is InChI=1S/C13H21N3O/c1-4-8-14-11-9(3)13(17-5-2)16-12(15-11)10-6-7-10/h10H,4-8H2,1-3H3,(H,14,15,16). The monoisotopic (exact) mass is 235 g/mol. The van der Waals surface area contributed by atoms with Crippen molar-refractivity contribution in [3.05, 3.63) is 11.4 Å². The maximum absolute atomic E-state index is 5.58. The van der Waals surface area contributed by atoms with Gasteiger partial charge in [-0.15, -0.1) is 0 Å². The third-order valence-corrected chi connectivity index (χ3v) is 2.88. The van der Waals surface area contributed by atoms with Crippen LogP contribution < -0.4 is 10.1 Å². The van der Waals surface area contributed by atoms with Gasteiger partial charge in [0.2, 0.25) is 5.88 Å². The zero-order valence-corrected chi connectivity index (χ0v) is 10.9. The lowest BCUT2D eigenvalue weighted by atomic mass is 10.3. The van der Waals surface area contributed by atoms with Crippen LogP contribution >= 0.6 is 0 Å². The summed E-state index contributed by atoms with van der Waals surface area (Å²) in [6, 6.07) is 0. The van der Waals surface area contributed by atoms with Crippen molar-refractivity contribution in [1.82, 2.24) is 9.97 Å². The number of anilines is 1. The molecule has 0 radical (unpaired) electrons. The number of nitrogens with zero attached hydrogens (tertiary/aromatic N) is 2. The highest BCUT2D eigenvalue weighted by atomic mass is 16.5. The van der Waals surface area contributed by atoms with Gasteiger partial charge in [0.15, 0.2) is 0 Å². The number of ether oxygens (including phenoxy) is 1. The number of rotatable bonds is 6. The second kappa shape index (κ2) is 5.34. The van der Waals surface area contributed by atoms with Crippen LogP contribution in [0.4, 0.5) is 5.82 Å². The normalized spacial score (nSPS) is 14.8. The van der Waals surface area contributed by atoms with E-state index >= 15 is 0 Å². The number of nitrogens with one attached hydrogen (secondary N) is 1. The van der Waals surface area contributed by atoms with E-state index in [1.807, 2.05) is 13.8 Å². The van der Waals surface area contributed by atoms with Gasteiger partial charge in [0.05, 0.1) is 12.2 Å². The molecule has 0 unspecified atom stereocenters. The Bertz CT molecular complexity index is 388. The van der Waals surface area contributed by atoms with Crippen LogP contribution in [0.3, 0.4) is 0 Å². The zero-order chi connectivity index (χ0) is 12.3. The maximum atomic E-state index is 5.58. The Kier molecular flexibility index (Phi) is 3.82. The molecule has 0 aromatic carbocycles. The third kappa shape index (κ3) is 2.87. The summed E-state index contributed by atoms with van der Waals surface area (Å²) in [5.41, 5.74) is 1.02. The molecule has 1 N–H and O–H groups in total. The van der Waals surface area contributed by atoms with Gasteiger partial charge in [-0.25, -0.2) is 4.98 Å². The highest BCUT2D eigenvalue weighted by Gasteiger charge is 2.28. The summed E-state index contributed by atoms with van der Waals surface area (Å²) in [5, 5.41) is 3.35. The fourth-order valence-corrected chi connectivity index (χ4v) is 1.73. The minimum Gasteiger partial charge on any atom is -0.478 e. The molecule has 0 bridgehead atoms. The molecule has 1 saturated carbocycles. The summed E-state index contributed by atoms with van der Waals surface area (Å²) in [6.07, 6.45) is 3.51. The van der Waals surface area contributed by atoms with Gasteiger partial charge in [-0.1, -0.05) is 6.92 Å². The van der Waals surface area contributed by atoms with E-state index in [9.17, 15) is 0 Å². The lowest BCUT2D eigenvalue weighted by Gasteiger charge is -2.13. The molecular formula is C13H21N3O. The highest BCUT2D eigenvalue weighted by molar-refractivity contribution is 5.49. The molecule has 4 nitrogen and oxygen atoms in total. The fourth-order valence-electron chi connectivity index (χ4n) is 1.73. The predicted molar refractivity (Wildman–Crippen MR) is 68.7 cm³/mol. The van der Waals surface area contributed by atoms with Crippen molar-refractivity contribution in [1.29, 1.82) is 0 Å².